The molecule has 3 aromatic rings. The molecule has 1 unspecified atom stereocenters. The Labute approximate surface area is 121 Å². The van der Waals surface area contributed by atoms with Gasteiger partial charge in [-0.1, -0.05) is 24.3 Å². The highest BCUT2D eigenvalue weighted by Crippen LogP contribution is 2.30. The molecule has 1 N–H and O–H groups in total. The summed E-state index contributed by atoms with van der Waals surface area (Å²) in [4.78, 5) is 4.28. The van der Waals surface area contributed by atoms with Crippen LogP contribution in [0.5, 0.6) is 5.75 Å². The zero-order valence-electron chi connectivity index (χ0n) is 11.5. The number of halogens is 1. The SMILES string of the molecule is COc1ccc(C(O)c2cccc3cccnc23)c(F)c1. The molecule has 0 saturated carbocycles. The summed E-state index contributed by atoms with van der Waals surface area (Å²) >= 11 is 0. The molecular weight excluding hydrogens is 269 g/mol. The number of pyridine rings is 1. The molecule has 0 saturated heterocycles. The molecule has 3 rings (SSSR count). The normalized spacial score (nSPS) is 12.3. The molecule has 0 bridgehead atoms. The van der Waals surface area contributed by atoms with Crippen molar-refractivity contribution in [2.75, 3.05) is 7.11 Å². The van der Waals surface area contributed by atoms with Gasteiger partial charge in [0.15, 0.2) is 0 Å². The predicted molar refractivity (Wildman–Crippen MR) is 78.8 cm³/mol. The van der Waals surface area contributed by atoms with Gasteiger partial charge < -0.3 is 9.84 Å². The zero-order chi connectivity index (χ0) is 14.8. The maximum atomic E-state index is 14.1. The van der Waals surface area contributed by atoms with E-state index in [-0.39, 0.29) is 5.56 Å². The first kappa shape index (κ1) is 13.5. The fourth-order valence-corrected chi connectivity index (χ4v) is 2.37. The van der Waals surface area contributed by atoms with Gasteiger partial charge in [0, 0.05) is 28.8 Å². The van der Waals surface area contributed by atoms with Crippen molar-refractivity contribution in [1.82, 2.24) is 4.98 Å². The molecule has 0 aliphatic rings. The Morgan fingerprint density at radius 1 is 1.10 bits per heavy atom. The number of aromatic nitrogens is 1. The Morgan fingerprint density at radius 2 is 1.90 bits per heavy atom. The third kappa shape index (κ3) is 2.45. The molecule has 0 fully saturated rings. The van der Waals surface area contributed by atoms with Crippen molar-refractivity contribution in [2.24, 2.45) is 0 Å². The van der Waals surface area contributed by atoms with Crippen molar-refractivity contribution in [3.05, 3.63) is 71.7 Å². The largest absolute Gasteiger partial charge is 0.497 e. The molecule has 1 heterocycles. The third-order valence-corrected chi connectivity index (χ3v) is 3.46. The summed E-state index contributed by atoms with van der Waals surface area (Å²) < 4.78 is 19.1. The van der Waals surface area contributed by atoms with Gasteiger partial charge in [-0.2, -0.15) is 0 Å². The minimum Gasteiger partial charge on any atom is -0.497 e. The van der Waals surface area contributed by atoms with Crippen molar-refractivity contribution >= 4 is 10.9 Å². The first-order chi connectivity index (χ1) is 10.2. The van der Waals surface area contributed by atoms with E-state index in [1.807, 2.05) is 24.3 Å². The van der Waals surface area contributed by atoms with Crippen LogP contribution in [0.4, 0.5) is 4.39 Å². The highest BCUT2D eigenvalue weighted by atomic mass is 19.1. The standard InChI is InChI=1S/C17H14FNO2/c1-21-12-7-8-13(15(18)10-12)17(20)14-6-2-4-11-5-3-9-19-16(11)14/h2-10,17,20H,1H3. The summed E-state index contributed by atoms with van der Waals surface area (Å²) in [6.45, 7) is 0. The first-order valence-corrected chi connectivity index (χ1v) is 6.56. The van der Waals surface area contributed by atoms with E-state index in [1.54, 1.807) is 18.3 Å². The van der Waals surface area contributed by atoms with E-state index in [2.05, 4.69) is 4.98 Å². The van der Waals surface area contributed by atoms with Crippen molar-refractivity contribution in [3.8, 4) is 5.75 Å². The monoisotopic (exact) mass is 283 g/mol. The molecule has 0 spiro atoms. The molecule has 0 radical (unpaired) electrons. The second-order valence-electron chi connectivity index (χ2n) is 4.71. The number of benzene rings is 2. The number of rotatable bonds is 3. The molecule has 2 aromatic carbocycles. The van der Waals surface area contributed by atoms with E-state index in [0.717, 1.165) is 5.39 Å². The average molecular weight is 283 g/mol. The quantitative estimate of drug-likeness (QED) is 0.800. The Hall–Kier alpha value is -2.46. The van der Waals surface area contributed by atoms with Crippen molar-refractivity contribution in [1.29, 1.82) is 0 Å². The van der Waals surface area contributed by atoms with Gasteiger partial charge in [0.25, 0.3) is 0 Å². The topological polar surface area (TPSA) is 42.4 Å². The maximum Gasteiger partial charge on any atom is 0.133 e. The van der Waals surface area contributed by atoms with Crippen LogP contribution in [-0.4, -0.2) is 17.2 Å². The molecule has 0 aliphatic heterocycles. The van der Waals surface area contributed by atoms with Gasteiger partial charge in [-0.15, -0.1) is 0 Å². The molecule has 106 valence electrons. The number of ether oxygens (including phenoxy) is 1. The van der Waals surface area contributed by atoms with Gasteiger partial charge in [0.2, 0.25) is 0 Å². The van der Waals surface area contributed by atoms with Gasteiger partial charge in [-0.25, -0.2) is 4.39 Å². The minimum absolute atomic E-state index is 0.203. The van der Waals surface area contributed by atoms with Crippen LogP contribution in [0.1, 0.15) is 17.2 Å². The lowest BCUT2D eigenvalue weighted by Crippen LogP contribution is -2.04. The summed E-state index contributed by atoms with van der Waals surface area (Å²) in [6.07, 6.45) is 0.581. The fourth-order valence-electron chi connectivity index (χ4n) is 2.37. The predicted octanol–water partition coefficient (Wildman–Crippen LogP) is 3.46. The van der Waals surface area contributed by atoms with E-state index in [9.17, 15) is 9.50 Å². The number of aliphatic hydroxyl groups excluding tert-OH is 1. The molecule has 0 amide bonds. The van der Waals surface area contributed by atoms with Crippen LogP contribution < -0.4 is 4.74 Å². The molecule has 0 aliphatic carbocycles. The maximum absolute atomic E-state index is 14.1. The number of hydrogen-bond acceptors (Lipinski definition) is 3. The number of methoxy groups -OCH3 is 1. The zero-order valence-corrected chi connectivity index (χ0v) is 11.5. The van der Waals surface area contributed by atoms with Crippen LogP contribution in [0.25, 0.3) is 10.9 Å². The van der Waals surface area contributed by atoms with E-state index in [4.69, 9.17) is 4.74 Å². The molecule has 3 nitrogen and oxygen atoms in total. The van der Waals surface area contributed by atoms with E-state index < -0.39 is 11.9 Å². The third-order valence-electron chi connectivity index (χ3n) is 3.46. The highest BCUT2D eigenvalue weighted by molar-refractivity contribution is 5.82. The summed E-state index contributed by atoms with van der Waals surface area (Å²) in [5.41, 5.74) is 1.45. The smallest absolute Gasteiger partial charge is 0.133 e. The van der Waals surface area contributed by atoms with Crippen LogP contribution in [0.3, 0.4) is 0 Å². The highest BCUT2D eigenvalue weighted by Gasteiger charge is 2.18. The van der Waals surface area contributed by atoms with Gasteiger partial charge >= 0.3 is 0 Å². The van der Waals surface area contributed by atoms with E-state index in [1.165, 1.54) is 19.2 Å². The van der Waals surface area contributed by atoms with Crippen molar-refractivity contribution in [2.45, 2.75) is 6.10 Å². The summed E-state index contributed by atoms with van der Waals surface area (Å²) in [5, 5.41) is 11.4. The summed E-state index contributed by atoms with van der Waals surface area (Å²) in [6, 6.07) is 13.6. The van der Waals surface area contributed by atoms with E-state index in [0.29, 0.717) is 16.8 Å². The van der Waals surface area contributed by atoms with Crippen LogP contribution in [0, 0.1) is 5.82 Å². The average Bonchev–Trinajstić information content (AvgIpc) is 2.53. The fraction of sp³-hybridized carbons (Fsp3) is 0.118. The minimum atomic E-state index is -1.07. The number of nitrogens with zero attached hydrogens (tertiary/aromatic N) is 1. The second-order valence-corrected chi connectivity index (χ2v) is 4.71. The van der Waals surface area contributed by atoms with Gasteiger partial charge in [0.05, 0.1) is 12.6 Å². The lowest BCUT2D eigenvalue weighted by atomic mass is 9.98. The van der Waals surface area contributed by atoms with Crippen LogP contribution in [0.2, 0.25) is 0 Å². The van der Waals surface area contributed by atoms with Crippen LogP contribution in [0.15, 0.2) is 54.7 Å². The Balaban J connectivity index is 2.10. The number of para-hydroxylation sites is 1. The Morgan fingerprint density at radius 3 is 2.67 bits per heavy atom. The van der Waals surface area contributed by atoms with Crippen LogP contribution >= 0.6 is 0 Å². The molecule has 4 heteroatoms. The van der Waals surface area contributed by atoms with Crippen LogP contribution in [-0.2, 0) is 0 Å². The molecule has 1 aromatic heterocycles. The molecule has 1 atom stereocenters. The molecular formula is C17H14FNO2. The first-order valence-electron chi connectivity index (χ1n) is 6.56. The van der Waals surface area contributed by atoms with Gasteiger partial charge in [0.1, 0.15) is 17.7 Å². The Kier molecular flexibility index (Phi) is 3.54. The lowest BCUT2D eigenvalue weighted by molar-refractivity contribution is 0.216. The Bertz CT molecular complexity index is 783. The summed E-state index contributed by atoms with van der Waals surface area (Å²) in [7, 11) is 1.47. The number of hydrogen-bond donors (Lipinski definition) is 1. The molecule has 21 heavy (non-hydrogen) atoms. The van der Waals surface area contributed by atoms with Gasteiger partial charge in [-0.3, -0.25) is 4.98 Å². The van der Waals surface area contributed by atoms with Crippen molar-refractivity contribution < 1.29 is 14.2 Å². The lowest BCUT2D eigenvalue weighted by Gasteiger charge is -2.15. The van der Waals surface area contributed by atoms with Crippen molar-refractivity contribution in [3.63, 3.8) is 0 Å². The summed E-state index contributed by atoms with van der Waals surface area (Å²) in [5.74, 6) is -0.0886. The van der Waals surface area contributed by atoms with E-state index >= 15 is 0 Å². The number of fused-ring (bicyclic) bond motifs is 1. The second kappa shape index (κ2) is 5.50. The number of aliphatic hydroxyl groups is 1. The van der Waals surface area contributed by atoms with Gasteiger partial charge in [-0.05, 0) is 18.2 Å².